The van der Waals surface area contributed by atoms with Crippen molar-refractivity contribution in [1.29, 1.82) is 0 Å². The number of nitrogens with one attached hydrogen (secondary N) is 1. The molecule has 0 fully saturated rings. The molecule has 2 aromatic rings. The summed E-state index contributed by atoms with van der Waals surface area (Å²) in [5.41, 5.74) is 2.74. The molecule has 0 radical (unpaired) electrons. The number of hydrogen-bond acceptors (Lipinski definition) is 2. The molecule has 1 N–H and O–H groups in total. The number of halogens is 1. The zero-order chi connectivity index (χ0) is 14.5. The molecule has 1 atom stereocenters. The van der Waals surface area contributed by atoms with Crippen molar-refractivity contribution >= 4 is 17.5 Å². The highest BCUT2D eigenvalue weighted by molar-refractivity contribution is 6.33. The van der Waals surface area contributed by atoms with Crippen molar-refractivity contribution < 1.29 is 4.79 Å². The van der Waals surface area contributed by atoms with Crippen molar-refractivity contribution in [2.45, 2.75) is 26.3 Å². The molecule has 0 spiro atoms. The lowest BCUT2D eigenvalue weighted by Gasteiger charge is -2.15. The van der Waals surface area contributed by atoms with Gasteiger partial charge in [-0.05, 0) is 30.5 Å². The Kier molecular flexibility index (Phi) is 4.74. The van der Waals surface area contributed by atoms with Gasteiger partial charge in [-0.25, -0.2) is 0 Å². The minimum Gasteiger partial charge on any atom is -0.345 e. The van der Waals surface area contributed by atoms with Crippen molar-refractivity contribution in [3.8, 4) is 0 Å². The summed E-state index contributed by atoms with van der Waals surface area (Å²) < 4.78 is 0. The van der Waals surface area contributed by atoms with Crippen LogP contribution in [0.5, 0.6) is 0 Å². The molecule has 1 unspecified atom stereocenters. The highest BCUT2D eigenvalue weighted by Crippen LogP contribution is 2.17. The van der Waals surface area contributed by atoms with Gasteiger partial charge in [0, 0.05) is 12.4 Å². The second-order valence-corrected chi connectivity index (χ2v) is 5.05. The number of aryl methyl sites for hydroxylation is 1. The maximum absolute atomic E-state index is 12.1. The Hall–Kier alpha value is -1.87. The number of carbonyl (C=O) groups excluding carboxylic acids is 1. The van der Waals surface area contributed by atoms with Gasteiger partial charge in [-0.1, -0.05) is 42.8 Å². The fourth-order valence-electron chi connectivity index (χ4n) is 1.94. The van der Waals surface area contributed by atoms with Crippen molar-refractivity contribution in [1.82, 2.24) is 10.3 Å². The number of carbonyl (C=O) groups is 1. The molecule has 0 saturated heterocycles. The standard InChI is InChI=1S/C16H17ClN2O/c1-3-12-4-6-13(7-5-12)11(2)19-16(20)14-10-18-9-8-15(14)17/h4-11H,3H2,1-2H3,(H,19,20). The molecule has 1 aromatic heterocycles. The summed E-state index contributed by atoms with van der Waals surface area (Å²) in [4.78, 5) is 16.1. The van der Waals surface area contributed by atoms with Gasteiger partial charge in [0.2, 0.25) is 0 Å². The Morgan fingerprint density at radius 1 is 1.30 bits per heavy atom. The van der Waals surface area contributed by atoms with E-state index in [0.29, 0.717) is 10.6 Å². The molecule has 0 aliphatic heterocycles. The van der Waals surface area contributed by atoms with Crippen LogP contribution in [-0.2, 0) is 6.42 Å². The Morgan fingerprint density at radius 2 is 2.00 bits per heavy atom. The smallest absolute Gasteiger partial charge is 0.254 e. The van der Waals surface area contributed by atoms with Crippen LogP contribution < -0.4 is 5.32 Å². The van der Waals surface area contributed by atoms with Crippen LogP contribution in [0.2, 0.25) is 5.02 Å². The van der Waals surface area contributed by atoms with Crippen LogP contribution in [0.1, 0.15) is 41.4 Å². The molecule has 1 aromatic carbocycles. The van der Waals surface area contributed by atoms with Gasteiger partial charge in [-0.15, -0.1) is 0 Å². The van der Waals surface area contributed by atoms with E-state index in [9.17, 15) is 4.79 Å². The Bertz CT molecular complexity index is 596. The van der Waals surface area contributed by atoms with E-state index in [-0.39, 0.29) is 11.9 Å². The third kappa shape index (κ3) is 3.36. The first-order valence-electron chi connectivity index (χ1n) is 6.61. The number of aromatic nitrogens is 1. The predicted octanol–water partition coefficient (Wildman–Crippen LogP) is 3.79. The summed E-state index contributed by atoms with van der Waals surface area (Å²) in [6.45, 7) is 4.06. The minimum atomic E-state index is -0.213. The van der Waals surface area contributed by atoms with E-state index >= 15 is 0 Å². The fraction of sp³-hybridized carbons (Fsp3) is 0.250. The number of pyridine rings is 1. The van der Waals surface area contributed by atoms with E-state index in [2.05, 4.69) is 29.4 Å². The molecule has 3 nitrogen and oxygen atoms in total. The molecule has 0 bridgehead atoms. The van der Waals surface area contributed by atoms with Crippen LogP contribution in [0, 0.1) is 0 Å². The van der Waals surface area contributed by atoms with Gasteiger partial charge in [0.05, 0.1) is 16.6 Å². The average Bonchev–Trinajstić information content (AvgIpc) is 2.47. The largest absolute Gasteiger partial charge is 0.345 e. The Labute approximate surface area is 124 Å². The number of hydrogen-bond donors (Lipinski definition) is 1. The number of rotatable bonds is 4. The quantitative estimate of drug-likeness (QED) is 0.930. The van der Waals surface area contributed by atoms with E-state index in [0.717, 1.165) is 12.0 Å². The van der Waals surface area contributed by atoms with Crippen LogP contribution in [-0.4, -0.2) is 10.9 Å². The van der Waals surface area contributed by atoms with Crippen LogP contribution >= 0.6 is 11.6 Å². The lowest BCUT2D eigenvalue weighted by Crippen LogP contribution is -2.27. The average molecular weight is 289 g/mol. The van der Waals surface area contributed by atoms with Crippen LogP contribution in [0.4, 0.5) is 0 Å². The number of benzene rings is 1. The van der Waals surface area contributed by atoms with E-state index in [4.69, 9.17) is 11.6 Å². The summed E-state index contributed by atoms with van der Waals surface area (Å²) >= 11 is 5.99. The first-order chi connectivity index (χ1) is 9.61. The minimum absolute atomic E-state index is 0.0790. The van der Waals surface area contributed by atoms with Gasteiger partial charge in [-0.2, -0.15) is 0 Å². The molecular weight excluding hydrogens is 272 g/mol. The lowest BCUT2D eigenvalue weighted by atomic mass is 10.0. The second-order valence-electron chi connectivity index (χ2n) is 4.65. The number of nitrogens with zero attached hydrogens (tertiary/aromatic N) is 1. The van der Waals surface area contributed by atoms with E-state index in [1.807, 2.05) is 19.1 Å². The van der Waals surface area contributed by atoms with Gasteiger partial charge in [0.25, 0.3) is 5.91 Å². The number of amides is 1. The topological polar surface area (TPSA) is 42.0 Å². The first-order valence-corrected chi connectivity index (χ1v) is 6.98. The molecular formula is C16H17ClN2O. The normalized spacial score (nSPS) is 11.9. The Morgan fingerprint density at radius 3 is 2.60 bits per heavy atom. The SMILES string of the molecule is CCc1ccc(C(C)NC(=O)c2cnccc2Cl)cc1. The van der Waals surface area contributed by atoms with Crippen LogP contribution in [0.3, 0.4) is 0 Å². The zero-order valence-electron chi connectivity index (χ0n) is 11.6. The third-order valence-electron chi connectivity index (χ3n) is 3.25. The molecule has 20 heavy (non-hydrogen) atoms. The second kappa shape index (κ2) is 6.53. The highest BCUT2D eigenvalue weighted by Gasteiger charge is 2.14. The predicted molar refractivity (Wildman–Crippen MR) is 80.9 cm³/mol. The summed E-state index contributed by atoms with van der Waals surface area (Å²) in [5, 5.41) is 3.34. The van der Waals surface area contributed by atoms with Gasteiger partial charge in [0.1, 0.15) is 0 Å². The molecule has 4 heteroatoms. The fourth-order valence-corrected chi connectivity index (χ4v) is 2.14. The van der Waals surface area contributed by atoms with Crippen molar-refractivity contribution in [3.63, 3.8) is 0 Å². The zero-order valence-corrected chi connectivity index (χ0v) is 12.3. The van der Waals surface area contributed by atoms with Crippen molar-refractivity contribution in [3.05, 3.63) is 64.4 Å². The highest BCUT2D eigenvalue weighted by atomic mass is 35.5. The van der Waals surface area contributed by atoms with Crippen molar-refractivity contribution in [2.24, 2.45) is 0 Å². The van der Waals surface area contributed by atoms with Gasteiger partial charge in [0.15, 0.2) is 0 Å². The van der Waals surface area contributed by atoms with Crippen molar-refractivity contribution in [2.75, 3.05) is 0 Å². The maximum Gasteiger partial charge on any atom is 0.254 e. The monoisotopic (exact) mass is 288 g/mol. The van der Waals surface area contributed by atoms with Gasteiger partial charge in [-0.3, -0.25) is 9.78 Å². The third-order valence-corrected chi connectivity index (χ3v) is 3.58. The maximum atomic E-state index is 12.1. The van der Waals surface area contributed by atoms with Crippen LogP contribution in [0.25, 0.3) is 0 Å². The summed E-state index contributed by atoms with van der Waals surface area (Å²) in [6.07, 6.45) is 4.04. The van der Waals surface area contributed by atoms with Gasteiger partial charge >= 0.3 is 0 Å². The van der Waals surface area contributed by atoms with Crippen LogP contribution in [0.15, 0.2) is 42.7 Å². The molecule has 0 aliphatic carbocycles. The Balaban J connectivity index is 2.09. The molecule has 0 aliphatic rings. The summed E-state index contributed by atoms with van der Waals surface area (Å²) in [7, 11) is 0. The van der Waals surface area contributed by atoms with E-state index < -0.39 is 0 Å². The molecule has 0 saturated carbocycles. The molecule has 104 valence electrons. The lowest BCUT2D eigenvalue weighted by molar-refractivity contribution is 0.0939. The molecule has 1 heterocycles. The summed E-state index contributed by atoms with van der Waals surface area (Å²) in [6, 6.07) is 9.76. The van der Waals surface area contributed by atoms with E-state index in [1.54, 1.807) is 12.3 Å². The molecule has 1 amide bonds. The van der Waals surface area contributed by atoms with E-state index in [1.165, 1.54) is 11.8 Å². The summed E-state index contributed by atoms with van der Waals surface area (Å²) in [5.74, 6) is -0.213. The molecule has 2 rings (SSSR count). The first kappa shape index (κ1) is 14.5. The van der Waals surface area contributed by atoms with Gasteiger partial charge < -0.3 is 5.32 Å².